The van der Waals surface area contributed by atoms with Crippen molar-refractivity contribution in [1.82, 2.24) is 5.01 Å². The van der Waals surface area contributed by atoms with Crippen LogP contribution in [0.3, 0.4) is 0 Å². The Kier molecular flexibility index (Phi) is 4.74. The van der Waals surface area contributed by atoms with Crippen LogP contribution in [0.15, 0.2) is 65.8 Å². The van der Waals surface area contributed by atoms with Crippen LogP contribution in [-0.4, -0.2) is 23.0 Å². The van der Waals surface area contributed by atoms with Crippen molar-refractivity contribution < 1.29 is 14.3 Å². The largest absolute Gasteiger partial charge is 0.489 e. The number of hydrogen-bond acceptors (Lipinski definition) is 4. The summed E-state index contributed by atoms with van der Waals surface area (Å²) in [6, 6.07) is 15.7. The monoisotopic (exact) mass is 400 g/mol. The van der Waals surface area contributed by atoms with E-state index in [0.29, 0.717) is 6.61 Å². The van der Waals surface area contributed by atoms with Crippen LogP contribution in [0.25, 0.3) is 0 Å². The third-order valence-corrected chi connectivity index (χ3v) is 6.46. The third-order valence-electron chi connectivity index (χ3n) is 6.46. The Hall–Kier alpha value is -3.21. The molecule has 5 heteroatoms. The molecule has 4 atom stereocenters. The molecule has 0 aromatic heterocycles. The highest BCUT2D eigenvalue weighted by molar-refractivity contribution is 6.06. The quantitative estimate of drug-likeness (QED) is 0.431. The number of rotatable bonds is 5. The summed E-state index contributed by atoms with van der Waals surface area (Å²) >= 11 is 0. The molecule has 0 N–H and O–H groups in total. The summed E-state index contributed by atoms with van der Waals surface area (Å²) in [7, 11) is 0. The van der Waals surface area contributed by atoms with Gasteiger partial charge in [0, 0.05) is 0 Å². The molecule has 5 nitrogen and oxygen atoms in total. The number of carbonyl (C=O) groups is 2. The molecule has 1 heterocycles. The summed E-state index contributed by atoms with van der Waals surface area (Å²) < 4.78 is 5.82. The molecule has 152 valence electrons. The summed E-state index contributed by atoms with van der Waals surface area (Å²) in [5.74, 6) is 0.363. The molecule has 1 saturated heterocycles. The second-order valence-corrected chi connectivity index (χ2v) is 8.42. The van der Waals surface area contributed by atoms with Crippen molar-refractivity contribution in [2.24, 2.45) is 28.8 Å². The van der Waals surface area contributed by atoms with Gasteiger partial charge in [-0.3, -0.25) is 9.59 Å². The van der Waals surface area contributed by atoms with Gasteiger partial charge in [0.15, 0.2) is 0 Å². The lowest BCUT2D eigenvalue weighted by atomic mass is 9.63. The zero-order valence-electron chi connectivity index (χ0n) is 16.9. The van der Waals surface area contributed by atoms with Crippen LogP contribution >= 0.6 is 0 Å². The van der Waals surface area contributed by atoms with Crippen molar-refractivity contribution in [3.8, 4) is 5.75 Å². The number of hydrazone groups is 1. The minimum absolute atomic E-state index is 0.154. The van der Waals surface area contributed by atoms with E-state index in [1.807, 2.05) is 24.3 Å². The molecule has 30 heavy (non-hydrogen) atoms. The van der Waals surface area contributed by atoms with Gasteiger partial charge in [0.25, 0.3) is 11.8 Å². The maximum absolute atomic E-state index is 12.8. The van der Waals surface area contributed by atoms with Gasteiger partial charge >= 0.3 is 0 Å². The van der Waals surface area contributed by atoms with Crippen LogP contribution in [0, 0.1) is 30.6 Å². The average molecular weight is 400 g/mol. The van der Waals surface area contributed by atoms with Gasteiger partial charge in [0.05, 0.1) is 18.1 Å². The van der Waals surface area contributed by atoms with Crippen LogP contribution in [0.5, 0.6) is 5.75 Å². The van der Waals surface area contributed by atoms with E-state index in [4.69, 9.17) is 4.74 Å². The number of carbonyl (C=O) groups excluding carboxylic acids is 2. The number of amides is 2. The molecule has 1 aliphatic heterocycles. The van der Waals surface area contributed by atoms with Crippen LogP contribution in [0.4, 0.5) is 0 Å². The second kappa shape index (κ2) is 7.56. The number of nitrogens with zero attached hydrogens (tertiary/aromatic N) is 2. The van der Waals surface area contributed by atoms with Gasteiger partial charge in [-0.25, -0.2) is 0 Å². The standard InChI is InChI=1S/C25H24N2O3/c1-16-2-4-18(5-3-16)15-30-21-12-6-17(7-13-21)14-26-27-24(28)22-19-8-9-20(11-10-19)23(22)25(27)29/h2-9,12-14,19-20,22-23H,10-11,15H2,1H3/b26-14-/t19-,20-,22-,23-/m0/s1. The highest BCUT2D eigenvalue weighted by atomic mass is 16.5. The fourth-order valence-corrected chi connectivity index (χ4v) is 4.80. The lowest BCUT2D eigenvalue weighted by molar-refractivity contribution is -0.140. The van der Waals surface area contributed by atoms with Crippen molar-refractivity contribution in [1.29, 1.82) is 0 Å². The van der Waals surface area contributed by atoms with Gasteiger partial charge in [-0.2, -0.15) is 10.1 Å². The fraction of sp³-hybridized carbons (Fsp3) is 0.320. The van der Waals surface area contributed by atoms with E-state index < -0.39 is 0 Å². The van der Waals surface area contributed by atoms with E-state index >= 15 is 0 Å². The molecule has 0 spiro atoms. The Morgan fingerprint density at radius 2 is 1.53 bits per heavy atom. The van der Waals surface area contributed by atoms with Crippen molar-refractivity contribution >= 4 is 18.0 Å². The van der Waals surface area contributed by atoms with Crippen LogP contribution in [0.2, 0.25) is 0 Å². The summed E-state index contributed by atoms with van der Waals surface area (Å²) in [6.45, 7) is 2.56. The molecular formula is C25H24N2O3. The predicted molar refractivity (Wildman–Crippen MR) is 114 cm³/mol. The maximum atomic E-state index is 12.8. The highest BCUT2D eigenvalue weighted by Crippen LogP contribution is 2.49. The number of allylic oxidation sites excluding steroid dienone is 2. The molecular weight excluding hydrogens is 376 g/mol. The Morgan fingerprint density at radius 1 is 0.933 bits per heavy atom. The molecule has 6 rings (SSSR count). The fourth-order valence-electron chi connectivity index (χ4n) is 4.80. The zero-order valence-corrected chi connectivity index (χ0v) is 16.9. The number of benzene rings is 2. The van der Waals surface area contributed by atoms with E-state index in [9.17, 15) is 9.59 Å². The number of ether oxygens (including phenoxy) is 1. The number of imide groups is 1. The Morgan fingerprint density at radius 3 is 2.10 bits per heavy atom. The van der Waals surface area contributed by atoms with Gasteiger partial charge < -0.3 is 4.74 Å². The molecule has 0 unspecified atom stereocenters. The lowest BCUT2D eigenvalue weighted by Gasteiger charge is -2.37. The van der Waals surface area contributed by atoms with Crippen molar-refractivity contribution in [2.45, 2.75) is 26.4 Å². The normalized spacial score (nSPS) is 27.2. The smallest absolute Gasteiger partial charge is 0.254 e. The Balaban J connectivity index is 1.23. The summed E-state index contributed by atoms with van der Waals surface area (Å²) in [6.07, 6.45) is 7.78. The Labute approximate surface area is 176 Å². The molecule has 3 aliphatic carbocycles. The molecule has 4 aliphatic rings. The van der Waals surface area contributed by atoms with E-state index in [1.54, 1.807) is 6.21 Å². The Bertz CT molecular complexity index is 991. The first-order valence-electron chi connectivity index (χ1n) is 10.5. The third kappa shape index (κ3) is 3.34. The summed E-state index contributed by atoms with van der Waals surface area (Å²) in [5.41, 5.74) is 3.15. The van der Waals surface area contributed by atoms with Crippen LogP contribution in [0.1, 0.15) is 29.5 Å². The van der Waals surface area contributed by atoms with Crippen molar-refractivity contribution in [3.05, 3.63) is 77.4 Å². The topological polar surface area (TPSA) is 59.0 Å². The minimum atomic E-state index is -0.226. The predicted octanol–water partition coefficient (Wildman–Crippen LogP) is 4.11. The van der Waals surface area contributed by atoms with Gasteiger partial charge in [-0.1, -0.05) is 42.0 Å². The maximum Gasteiger partial charge on any atom is 0.254 e. The van der Waals surface area contributed by atoms with Gasteiger partial charge in [0.1, 0.15) is 12.4 Å². The SMILES string of the molecule is Cc1ccc(COc2ccc(/C=N\N3C(=O)[C@@H]4[C@@H](C3=O)[C@H]3C=C[C@H]4CC3)cc2)cc1. The molecule has 2 amide bonds. The molecule has 2 aromatic rings. The number of hydrogen-bond donors (Lipinski definition) is 0. The molecule has 2 aromatic carbocycles. The highest BCUT2D eigenvalue weighted by Gasteiger charge is 2.56. The van der Waals surface area contributed by atoms with Crippen LogP contribution in [-0.2, 0) is 16.2 Å². The van der Waals surface area contributed by atoms with E-state index in [-0.39, 0.29) is 35.5 Å². The van der Waals surface area contributed by atoms with E-state index in [2.05, 4.69) is 48.4 Å². The molecule has 0 radical (unpaired) electrons. The molecule has 2 fully saturated rings. The van der Waals surface area contributed by atoms with E-state index in [1.165, 1.54) is 5.56 Å². The summed E-state index contributed by atoms with van der Waals surface area (Å²) in [5, 5.41) is 5.34. The van der Waals surface area contributed by atoms with Crippen LogP contribution < -0.4 is 4.74 Å². The van der Waals surface area contributed by atoms with Gasteiger partial charge in [0.2, 0.25) is 0 Å². The van der Waals surface area contributed by atoms with Gasteiger partial charge in [-0.15, -0.1) is 0 Å². The first kappa shape index (κ1) is 18.8. The first-order chi connectivity index (χ1) is 14.6. The minimum Gasteiger partial charge on any atom is -0.489 e. The zero-order chi connectivity index (χ0) is 20.7. The number of aryl methyl sites for hydroxylation is 1. The second-order valence-electron chi connectivity index (χ2n) is 8.42. The lowest BCUT2D eigenvalue weighted by Crippen LogP contribution is -2.38. The first-order valence-corrected chi connectivity index (χ1v) is 10.5. The van der Waals surface area contributed by atoms with Gasteiger partial charge in [-0.05, 0) is 67.0 Å². The average Bonchev–Trinajstić information content (AvgIpc) is 3.05. The van der Waals surface area contributed by atoms with E-state index in [0.717, 1.165) is 34.7 Å². The molecule has 1 saturated carbocycles. The summed E-state index contributed by atoms with van der Waals surface area (Å²) in [4.78, 5) is 25.6. The van der Waals surface area contributed by atoms with Crippen molar-refractivity contribution in [3.63, 3.8) is 0 Å². The van der Waals surface area contributed by atoms with Crippen molar-refractivity contribution in [2.75, 3.05) is 0 Å². The molecule has 2 bridgehead atoms. The number of fused-ring (bicyclic) bond motifs is 1.